The molecular weight excluding hydrogens is 240 g/mol. The molecule has 0 unspecified atom stereocenters. The number of guanidine groups is 1. The van der Waals surface area contributed by atoms with Crippen LogP contribution in [0, 0.1) is 0 Å². The minimum atomic E-state index is 0.0103. The highest BCUT2D eigenvalue weighted by atomic mass is 16.1. The Hall–Kier alpha value is -2.04. The standard InChI is InChI=1S/C14H18N4O/c15-14(18-11-3-4-11)17-8-9-1-2-10-5-6-16-13(19)12(10)7-9/h1-2,7,11H,3-6,8H2,(H,16,19)(H3,15,17,18). The fourth-order valence-electron chi connectivity index (χ4n) is 2.22. The van der Waals surface area contributed by atoms with Crippen molar-refractivity contribution < 1.29 is 4.79 Å². The molecule has 0 radical (unpaired) electrons. The SMILES string of the molecule is NC(=NCc1ccc2c(c1)C(=O)NCC2)NC1CC1. The minimum Gasteiger partial charge on any atom is -0.370 e. The fraction of sp³-hybridized carbons (Fsp3) is 0.429. The highest BCUT2D eigenvalue weighted by Crippen LogP contribution is 2.18. The smallest absolute Gasteiger partial charge is 0.251 e. The zero-order valence-electron chi connectivity index (χ0n) is 10.8. The maximum atomic E-state index is 11.7. The van der Waals surface area contributed by atoms with Crippen LogP contribution in [0.5, 0.6) is 0 Å². The second-order valence-electron chi connectivity index (χ2n) is 5.12. The van der Waals surface area contributed by atoms with Gasteiger partial charge in [-0.25, -0.2) is 4.99 Å². The summed E-state index contributed by atoms with van der Waals surface area (Å²) in [4.78, 5) is 16.0. The lowest BCUT2D eigenvalue weighted by atomic mass is 9.98. The van der Waals surface area contributed by atoms with Crippen molar-refractivity contribution in [3.8, 4) is 0 Å². The summed E-state index contributed by atoms with van der Waals surface area (Å²) in [7, 11) is 0. The lowest BCUT2D eigenvalue weighted by molar-refractivity contribution is 0.0946. The van der Waals surface area contributed by atoms with Gasteiger partial charge in [0.15, 0.2) is 5.96 Å². The maximum Gasteiger partial charge on any atom is 0.251 e. The van der Waals surface area contributed by atoms with Gasteiger partial charge >= 0.3 is 0 Å². The number of carbonyl (C=O) groups is 1. The zero-order chi connectivity index (χ0) is 13.2. The predicted octanol–water partition coefficient (Wildman–Crippen LogP) is 0.539. The summed E-state index contributed by atoms with van der Waals surface area (Å²) in [6, 6.07) is 6.46. The second kappa shape index (κ2) is 4.91. The molecule has 0 bridgehead atoms. The van der Waals surface area contributed by atoms with Crippen LogP contribution in [0.3, 0.4) is 0 Å². The van der Waals surface area contributed by atoms with Crippen molar-refractivity contribution in [1.82, 2.24) is 10.6 Å². The molecule has 100 valence electrons. The number of carbonyl (C=O) groups excluding carboxylic acids is 1. The average Bonchev–Trinajstić information content (AvgIpc) is 3.21. The van der Waals surface area contributed by atoms with Crippen molar-refractivity contribution in [2.24, 2.45) is 10.7 Å². The number of rotatable bonds is 3. The van der Waals surface area contributed by atoms with Crippen LogP contribution in [0.2, 0.25) is 0 Å². The summed E-state index contributed by atoms with van der Waals surface area (Å²) in [5, 5.41) is 6.00. The molecule has 0 spiro atoms. The van der Waals surface area contributed by atoms with E-state index < -0.39 is 0 Å². The molecule has 19 heavy (non-hydrogen) atoms. The highest BCUT2D eigenvalue weighted by Gasteiger charge is 2.21. The molecule has 3 rings (SSSR count). The first-order valence-electron chi connectivity index (χ1n) is 6.69. The van der Waals surface area contributed by atoms with Gasteiger partial charge in [-0.15, -0.1) is 0 Å². The van der Waals surface area contributed by atoms with E-state index in [2.05, 4.69) is 15.6 Å². The van der Waals surface area contributed by atoms with E-state index in [4.69, 9.17) is 5.73 Å². The van der Waals surface area contributed by atoms with Gasteiger partial charge in [-0.1, -0.05) is 12.1 Å². The molecule has 1 aliphatic heterocycles. The largest absolute Gasteiger partial charge is 0.370 e. The lowest BCUT2D eigenvalue weighted by Crippen LogP contribution is -2.33. The lowest BCUT2D eigenvalue weighted by Gasteiger charge is -2.16. The Balaban J connectivity index is 1.71. The van der Waals surface area contributed by atoms with Gasteiger partial charge < -0.3 is 16.4 Å². The van der Waals surface area contributed by atoms with Gasteiger partial charge in [0.05, 0.1) is 6.54 Å². The fourth-order valence-corrected chi connectivity index (χ4v) is 2.22. The molecule has 5 nitrogen and oxygen atoms in total. The Morgan fingerprint density at radius 1 is 1.47 bits per heavy atom. The van der Waals surface area contributed by atoms with Gasteiger partial charge in [0, 0.05) is 18.2 Å². The Bertz CT molecular complexity index is 534. The first kappa shape index (κ1) is 12.0. The number of hydrogen-bond acceptors (Lipinski definition) is 2. The molecule has 0 atom stereocenters. The minimum absolute atomic E-state index is 0.0103. The molecule has 1 amide bonds. The Labute approximate surface area is 112 Å². The summed E-state index contributed by atoms with van der Waals surface area (Å²) in [6.07, 6.45) is 3.25. The van der Waals surface area contributed by atoms with Crippen molar-refractivity contribution in [2.75, 3.05) is 6.54 Å². The molecule has 1 saturated carbocycles. The van der Waals surface area contributed by atoms with Crippen molar-refractivity contribution >= 4 is 11.9 Å². The first-order valence-corrected chi connectivity index (χ1v) is 6.69. The molecule has 1 fully saturated rings. The van der Waals surface area contributed by atoms with Crippen LogP contribution < -0.4 is 16.4 Å². The molecule has 0 saturated heterocycles. The molecule has 1 aromatic carbocycles. The van der Waals surface area contributed by atoms with Crippen LogP contribution >= 0.6 is 0 Å². The Morgan fingerprint density at radius 3 is 3.11 bits per heavy atom. The number of nitrogens with one attached hydrogen (secondary N) is 2. The van der Waals surface area contributed by atoms with Crippen molar-refractivity contribution in [3.63, 3.8) is 0 Å². The van der Waals surface area contributed by atoms with Crippen LogP contribution in [-0.2, 0) is 13.0 Å². The molecule has 1 heterocycles. The van der Waals surface area contributed by atoms with Crippen LogP contribution in [0.4, 0.5) is 0 Å². The molecule has 1 aliphatic carbocycles. The predicted molar refractivity (Wildman–Crippen MR) is 74.0 cm³/mol. The molecule has 4 N–H and O–H groups in total. The van der Waals surface area contributed by atoms with Gasteiger partial charge in [-0.3, -0.25) is 4.79 Å². The third-order valence-electron chi connectivity index (χ3n) is 3.46. The van der Waals surface area contributed by atoms with E-state index in [-0.39, 0.29) is 5.91 Å². The molecule has 0 aromatic heterocycles. The van der Waals surface area contributed by atoms with Gasteiger partial charge in [-0.2, -0.15) is 0 Å². The molecule has 5 heteroatoms. The Kier molecular flexibility index (Phi) is 3.11. The normalized spacial score (nSPS) is 18.7. The zero-order valence-corrected chi connectivity index (χ0v) is 10.8. The van der Waals surface area contributed by atoms with E-state index in [1.807, 2.05) is 18.2 Å². The highest BCUT2D eigenvalue weighted by molar-refractivity contribution is 5.96. The number of nitrogens with zero attached hydrogens (tertiary/aromatic N) is 1. The third-order valence-corrected chi connectivity index (χ3v) is 3.46. The number of hydrogen-bond donors (Lipinski definition) is 3. The van der Waals surface area contributed by atoms with E-state index in [0.717, 1.165) is 29.7 Å². The summed E-state index contributed by atoms with van der Waals surface area (Å²) in [5.41, 5.74) is 8.68. The Morgan fingerprint density at radius 2 is 2.32 bits per heavy atom. The molecule has 1 aromatic rings. The topological polar surface area (TPSA) is 79.5 Å². The number of aliphatic imine (C=N–C) groups is 1. The summed E-state index contributed by atoms with van der Waals surface area (Å²) in [6.45, 7) is 1.23. The monoisotopic (exact) mass is 258 g/mol. The number of amides is 1. The second-order valence-corrected chi connectivity index (χ2v) is 5.12. The third kappa shape index (κ3) is 2.86. The van der Waals surface area contributed by atoms with Crippen molar-refractivity contribution in [1.29, 1.82) is 0 Å². The van der Waals surface area contributed by atoms with Crippen LogP contribution in [0.25, 0.3) is 0 Å². The first-order chi connectivity index (χ1) is 9.22. The number of benzene rings is 1. The van der Waals surface area contributed by atoms with Crippen LogP contribution in [0.15, 0.2) is 23.2 Å². The molecular formula is C14H18N4O. The summed E-state index contributed by atoms with van der Waals surface area (Å²) in [5.74, 6) is 0.501. The maximum absolute atomic E-state index is 11.7. The van der Waals surface area contributed by atoms with Gasteiger partial charge in [-0.05, 0) is 36.5 Å². The van der Waals surface area contributed by atoms with E-state index in [0.29, 0.717) is 18.5 Å². The van der Waals surface area contributed by atoms with E-state index in [9.17, 15) is 4.79 Å². The van der Waals surface area contributed by atoms with Gasteiger partial charge in [0.25, 0.3) is 5.91 Å². The van der Waals surface area contributed by atoms with Crippen molar-refractivity contribution in [3.05, 3.63) is 34.9 Å². The average molecular weight is 258 g/mol. The van der Waals surface area contributed by atoms with Gasteiger partial charge in [0.2, 0.25) is 0 Å². The van der Waals surface area contributed by atoms with Gasteiger partial charge in [0.1, 0.15) is 0 Å². The quantitative estimate of drug-likeness (QED) is 0.547. The van der Waals surface area contributed by atoms with E-state index in [1.54, 1.807) is 0 Å². The van der Waals surface area contributed by atoms with Crippen LogP contribution in [0.1, 0.15) is 34.3 Å². The molecule has 2 aliphatic rings. The summed E-state index contributed by atoms with van der Waals surface area (Å²) >= 11 is 0. The van der Waals surface area contributed by atoms with E-state index in [1.165, 1.54) is 12.8 Å². The number of fused-ring (bicyclic) bond motifs is 1. The van der Waals surface area contributed by atoms with Crippen LogP contribution in [-0.4, -0.2) is 24.5 Å². The van der Waals surface area contributed by atoms with E-state index >= 15 is 0 Å². The number of nitrogens with two attached hydrogens (primary N) is 1. The van der Waals surface area contributed by atoms with Crippen molar-refractivity contribution in [2.45, 2.75) is 31.8 Å². The summed E-state index contributed by atoms with van der Waals surface area (Å²) < 4.78 is 0.